The highest BCUT2D eigenvalue weighted by Gasteiger charge is 2.60. The van der Waals surface area contributed by atoms with E-state index in [0.717, 1.165) is 32.1 Å². The van der Waals surface area contributed by atoms with Crippen molar-refractivity contribution >= 4 is 11.7 Å². The molecule has 2 unspecified atom stereocenters. The maximum Gasteiger partial charge on any atom is 0.356 e. The van der Waals surface area contributed by atoms with Crippen LogP contribution in [0.3, 0.4) is 0 Å². The summed E-state index contributed by atoms with van der Waals surface area (Å²) in [5.41, 5.74) is -1.05. The minimum atomic E-state index is -0.682. The van der Waals surface area contributed by atoms with Crippen LogP contribution in [-0.4, -0.2) is 33.7 Å². The van der Waals surface area contributed by atoms with E-state index in [-0.39, 0.29) is 11.8 Å². The van der Waals surface area contributed by atoms with E-state index in [9.17, 15) is 15.1 Å². The minimum Gasteiger partial charge on any atom is -0.458 e. The molecule has 2 N–H and O–H groups in total. The quantitative estimate of drug-likeness (QED) is 0.359. The fraction of sp³-hybridized carbons (Fsp3) is 0.867. The van der Waals surface area contributed by atoms with E-state index in [4.69, 9.17) is 4.74 Å². The molecular weight excluding hydrogens is 258 g/mol. The second-order valence-corrected chi connectivity index (χ2v) is 7.37. The lowest BCUT2D eigenvalue weighted by molar-refractivity contribution is -0.151. The van der Waals surface area contributed by atoms with Gasteiger partial charge in [0, 0.05) is 5.41 Å². The summed E-state index contributed by atoms with van der Waals surface area (Å²) in [5.74, 6) is 0.336. The van der Waals surface area contributed by atoms with Crippen LogP contribution in [0.5, 0.6) is 0 Å². The number of aliphatic hydroxyl groups is 1. The van der Waals surface area contributed by atoms with Crippen LogP contribution >= 0.6 is 0 Å². The van der Waals surface area contributed by atoms with Crippen molar-refractivity contribution in [3.8, 4) is 0 Å². The molecule has 4 saturated carbocycles. The van der Waals surface area contributed by atoms with Crippen LogP contribution in [0.15, 0.2) is 5.16 Å². The topological polar surface area (TPSA) is 79.1 Å². The van der Waals surface area contributed by atoms with Gasteiger partial charge in [-0.2, -0.15) is 0 Å². The predicted molar refractivity (Wildman–Crippen MR) is 72.5 cm³/mol. The van der Waals surface area contributed by atoms with Crippen molar-refractivity contribution in [1.29, 1.82) is 0 Å². The molecule has 0 radical (unpaired) electrons. The molecule has 4 bridgehead atoms. The van der Waals surface area contributed by atoms with E-state index in [0.29, 0.717) is 18.3 Å². The molecule has 4 fully saturated rings. The monoisotopic (exact) mass is 281 g/mol. The Bertz CT molecular complexity index is 443. The molecule has 0 spiro atoms. The second kappa shape index (κ2) is 4.45. The van der Waals surface area contributed by atoms with Gasteiger partial charge in [0.1, 0.15) is 0 Å². The van der Waals surface area contributed by atoms with Crippen LogP contribution in [-0.2, 0) is 9.53 Å². The van der Waals surface area contributed by atoms with Gasteiger partial charge in [-0.25, -0.2) is 4.79 Å². The maximum absolute atomic E-state index is 12.2. The number of carbonyl (C=O) groups excluding carboxylic acids is 1. The molecule has 5 nitrogen and oxygen atoms in total. The van der Waals surface area contributed by atoms with E-state index in [1.807, 2.05) is 0 Å². The SMILES string of the molecule is CC(C)OC(=O)C(=NO)C12CC3CC(CC(O)(C3)C1)C2. The van der Waals surface area contributed by atoms with Crippen LogP contribution in [0, 0.1) is 17.3 Å². The van der Waals surface area contributed by atoms with E-state index >= 15 is 0 Å². The molecule has 4 aliphatic rings. The fourth-order valence-corrected chi connectivity index (χ4v) is 5.12. The van der Waals surface area contributed by atoms with Crippen molar-refractivity contribution in [2.24, 2.45) is 22.4 Å². The molecule has 2 atom stereocenters. The van der Waals surface area contributed by atoms with Gasteiger partial charge in [0.15, 0.2) is 5.71 Å². The summed E-state index contributed by atoms with van der Waals surface area (Å²) >= 11 is 0. The first-order valence-electron chi connectivity index (χ1n) is 7.52. The third-order valence-corrected chi connectivity index (χ3v) is 5.17. The Hall–Kier alpha value is -1.10. The van der Waals surface area contributed by atoms with Crippen molar-refractivity contribution in [2.45, 2.75) is 64.1 Å². The molecule has 4 aliphatic carbocycles. The molecule has 0 aromatic heterocycles. The number of esters is 1. The average molecular weight is 281 g/mol. The normalized spacial score (nSPS) is 43.1. The third kappa shape index (κ3) is 2.12. The van der Waals surface area contributed by atoms with Crippen LogP contribution in [0.2, 0.25) is 0 Å². The number of ether oxygens (including phenoxy) is 1. The number of rotatable bonds is 3. The average Bonchev–Trinajstić information content (AvgIpc) is 2.23. The van der Waals surface area contributed by atoms with Crippen molar-refractivity contribution in [1.82, 2.24) is 0 Å². The van der Waals surface area contributed by atoms with Gasteiger partial charge in [0.25, 0.3) is 0 Å². The fourth-order valence-electron chi connectivity index (χ4n) is 5.12. The van der Waals surface area contributed by atoms with E-state index in [2.05, 4.69) is 5.16 Å². The van der Waals surface area contributed by atoms with Crippen molar-refractivity contribution in [3.63, 3.8) is 0 Å². The molecule has 20 heavy (non-hydrogen) atoms. The standard InChI is InChI=1S/C15H23NO4/c1-9(2)20-13(17)12(16-19)14-4-10-3-11(5-14)7-15(18,6-10)8-14/h9-11,18-19H,3-8H2,1-2H3. The van der Waals surface area contributed by atoms with Gasteiger partial charge in [-0.3, -0.25) is 0 Å². The number of carbonyl (C=O) groups is 1. The van der Waals surface area contributed by atoms with Crippen LogP contribution in [0.1, 0.15) is 52.4 Å². The summed E-state index contributed by atoms with van der Waals surface area (Å²) in [6, 6.07) is 0. The zero-order valence-corrected chi connectivity index (χ0v) is 12.1. The Balaban J connectivity index is 1.90. The van der Waals surface area contributed by atoms with E-state index in [1.54, 1.807) is 13.8 Å². The summed E-state index contributed by atoms with van der Waals surface area (Å²) in [7, 11) is 0. The van der Waals surface area contributed by atoms with Gasteiger partial charge in [0.05, 0.1) is 11.7 Å². The molecule has 112 valence electrons. The summed E-state index contributed by atoms with van der Waals surface area (Å²) in [6.45, 7) is 3.56. The van der Waals surface area contributed by atoms with E-state index in [1.165, 1.54) is 0 Å². The summed E-state index contributed by atoms with van der Waals surface area (Å²) in [6.07, 6.45) is 4.72. The summed E-state index contributed by atoms with van der Waals surface area (Å²) in [4.78, 5) is 12.2. The van der Waals surface area contributed by atoms with Crippen LogP contribution in [0.4, 0.5) is 0 Å². The smallest absolute Gasteiger partial charge is 0.356 e. The molecule has 0 saturated heterocycles. The summed E-state index contributed by atoms with van der Waals surface area (Å²) < 4.78 is 5.21. The Kier molecular flexibility index (Phi) is 3.08. The van der Waals surface area contributed by atoms with Gasteiger partial charge >= 0.3 is 5.97 Å². The molecule has 0 aliphatic heterocycles. The first kappa shape index (κ1) is 13.9. The molecule has 5 heteroatoms. The highest BCUT2D eigenvalue weighted by Crippen LogP contribution is 2.62. The first-order valence-corrected chi connectivity index (χ1v) is 7.52. The largest absolute Gasteiger partial charge is 0.458 e. The Morgan fingerprint density at radius 1 is 1.25 bits per heavy atom. The predicted octanol–water partition coefficient (Wildman–Crippen LogP) is 2.10. The molecule has 0 aromatic carbocycles. The zero-order valence-electron chi connectivity index (χ0n) is 12.1. The Morgan fingerprint density at radius 3 is 2.30 bits per heavy atom. The lowest BCUT2D eigenvalue weighted by atomic mass is 9.46. The lowest BCUT2D eigenvalue weighted by Gasteiger charge is -2.59. The highest BCUT2D eigenvalue weighted by molar-refractivity contribution is 6.38. The Morgan fingerprint density at radius 2 is 1.85 bits per heavy atom. The number of nitrogens with zero attached hydrogens (tertiary/aromatic N) is 1. The van der Waals surface area contributed by atoms with Gasteiger partial charge < -0.3 is 15.1 Å². The third-order valence-electron chi connectivity index (χ3n) is 5.17. The van der Waals surface area contributed by atoms with Crippen LogP contribution in [0.25, 0.3) is 0 Å². The van der Waals surface area contributed by atoms with Crippen molar-refractivity contribution in [3.05, 3.63) is 0 Å². The van der Waals surface area contributed by atoms with Gasteiger partial charge in [-0.1, -0.05) is 5.16 Å². The Labute approximate surface area is 119 Å². The molecule has 0 aromatic rings. The zero-order chi connectivity index (χ0) is 14.5. The van der Waals surface area contributed by atoms with Crippen molar-refractivity contribution < 1.29 is 19.8 Å². The number of hydrogen-bond acceptors (Lipinski definition) is 5. The van der Waals surface area contributed by atoms with Gasteiger partial charge in [0.2, 0.25) is 0 Å². The molecule has 0 amide bonds. The molecular formula is C15H23NO4. The van der Waals surface area contributed by atoms with Gasteiger partial charge in [-0.05, 0) is 64.2 Å². The number of hydrogen-bond donors (Lipinski definition) is 2. The highest BCUT2D eigenvalue weighted by atomic mass is 16.5. The second-order valence-electron chi connectivity index (χ2n) is 7.37. The van der Waals surface area contributed by atoms with Gasteiger partial charge in [-0.15, -0.1) is 0 Å². The van der Waals surface area contributed by atoms with Crippen molar-refractivity contribution in [2.75, 3.05) is 0 Å². The minimum absolute atomic E-state index is 0.124. The summed E-state index contributed by atoms with van der Waals surface area (Å²) in [5, 5.41) is 23.3. The maximum atomic E-state index is 12.2. The molecule has 4 rings (SSSR count). The lowest BCUT2D eigenvalue weighted by Crippen LogP contribution is -2.59. The van der Waals surface area contributed by atoms with E-state index < -0.39 is 17.0 Å². The first-order chi connectivity index (χ1) is 9.36. The molecule has 0 heterocycles. The van der Waals surface area contributed by atoms with Crippen LogP contribution < -0.4 is 0 Å². The number of oxime groups is 1.